The lowest BCUT2D eigenvalue weighted by Gasteiger charge is -2.04. The molecule has 100 valence electrons. The molecule has 2 aromatic heterocycles. The number of nitro benzene ring substituents is 1. The average molecular weight is 287 g/mol. The highest BCUT2D eigenvalue weighted by Gasteiger charge is 2.10. The van der Waals surface area contributed by atoms with Gasteiger partial charge in [-0.3, -0.25) is 10.1 Å². The third-order valence-electron chi connectivity index (χ3n) is 2.62. The van der Waals surface area contributed by atoms with Crippen LogP contribution in [0.3, 0.4) is 0 Å². The molecule has 3 aromatic rings. The fraction of sp³-hybridized carbons (Fsp3) is 0. The van der Waals surface area contributed by atoms with E-state index in [1.54, 1.807) is 35.1 Å². The summed E-state index contributed by atoms with van der Waals surface area (Å²) in [5.74, 6) is 0.389. The normalized spacial score (nSPS) is 10.8. The van der Waals surface area contributed by atoms with Crippen molar-refractivity contribution in [1.29, 1.82) is 0 Å². The van der Waals surface area contributed by atoms with Gasteiger partial charge in [0.25, 0.3) is 5.69 Å². The van der Waals surface area contributed by atoms with E-state index in [1.807, 2.05) is 0 Å². The van der Waals surface area contributed by atoms with Crippen LogP contribution in [0.4, 0.5) is 11.5 Å². The Morgan fingerprint density at radius 1 is 1.30 bits per heavy atom. The maximum atomic E-state index is 10.6. The molecule has 7 nitrogen and oxygen atoms in total. The monoisotopic (exact) mass is 287 g/mol. The number of non-ortho nitro benzene ring substituents is 1. The van der Waals surface area contributed by atoms with Crippen LogP contribution in [-0.2, 0) is 0 Å². The second kappa shape index (κ2) is 4.82. The molecule has 3 rings (SSSR count). The number of imidazole rings is 1. The summed E-state index contributed by atoms with van der Waals surface area (Å²) in [6.07, 6.45) is 5.13. The Kier molecular flexibility index (Phi) is 2.99. The van der Waals surface area contributed by atoms with Crippen molar-refractivity contribution in [2.24, 2.45) is 0 Å². The summed E-state index contributed by atoms with van der Waals surface area (Å²) in [6.45, 7) is 0. The third-order valence-corrected chi connectivity index (χ3v) is 3.60. The minimum atomic E-state index is -0.431. The maximum absolute atomic E-state index is 10.6. The van der Waals surface area contributed by atoms with Gasteiger partial charge in [0.15, 0.2) is 5.65 Å². The largest absolute Gasteiger partial charge is 0.382 e. The molecule has 0 fully saturated rings. The summed E-state index contributed by atoms with van der Waals surface area (Å²) in [6, 6.07) is 6.26. The van der Waals surface area contributed by atoms with E-state index in [0.29, 0.717) is 16.5 Å². The molecule has 0 aliphatic carbocycles. The lowest BCUT2D eigenvalue weighted by atomic mass is 10.3. The topological polar surface area (TPSA) is 99.3 Å². The van der Waals surface area contributed by atoms with Gasteiger partial charge >= 0.3 is 0 Å². The average Bonchev–Trinajstić information content (AvgIpc) is 2.87. The lowest BCUT2D eigenvalue weighted by molar-refractivity contribution is -0.384. The number of nitrogens with zero attached hydrogens (tertiary/aromatic N) is 4. The number of anilines is 1. The molecule has 8 heteroatoms. The van der Waals surface area contributed by atoms with Gasteiger partial charge in [0, 0.05) is 29.4 Å². The van der Waals surface area contributed by atoms with Crippen molar-refractivity contribution in [1.82, 2.24) is 14.4 Å². The Morgan fingerprint density at radius 3 is 2.75 bits per heavy atom. The number of fused-ring (bicyclic) bond motifs is 1. The predicted molar refractivity (Wildman–Crippen MR) is 74.6 cm³/mol. The van der Waals surface area contributed by atoms with Crippen molar-refractivity contribution in [2.45, 2.75) is 9.92 Å². The summed E-state index contributed by atoms with van der Waals surface area (Å²) in [7, 11) is 0. The fourth-order valence-electron chi connectivity index (χ4n) is 1.74. The summed E-state index contributed by atoms with van der Waals surface area (Å²) in [4.78, 5) is 19.5. The van der Waals surface area contributed by atoms with E-state index in [-0.39, 0.29) is 5.69 Å². The van der Waals surface area contributed by atoms with Gasteiger partial charge in [-0.1, -0.05) is 11.8 Å². The zero-order chi connectivity index (χ0) is 14.1. The Hall–Kier alpha value is -2.61. The van der Waals surface area contributed by atoms with Crippen molar-refractivity contribution in [3.63, 3.8) is 0 Å². The molecule has 2 heterocycles. The Labute approximate surface area is 117 Å². The van der Waals surface area contributed by atoms with Crippen LogP contribution in [0.15, 0.2) is 52.8 Å². The lowest BCUT2D eigenvalue weighted by Crippen LogP contribution is -1.97. The minimum Gasteiger partial charge on any atom is -0.382 e. The van der Waals surface area contributed by atoms with Gasteiger partial charge in [-0.05, 0) is 12.1 Å². The van der Waals surface area contributed by atoms with Gasteiger partial charge in [0.05, 0.1) is 11.1 Å². The van der Waals surface area contributed by atoms with E-state index in [0.717, 1.165) is 4.90 Å². The first kappa shape index (κ1) is 12.4. The molecule has 0 aliphatic rings. The van der Waals surface area contributed by atoms with Crippen LogP contribution in [0.5, 0.6) is 0 Å². The number of hydrogen-bond donors (Lipinski definition) is 1. The maximum Gasteiger partial charge on any atom is 0.269 e. The van der Waals surface area contributed by atoms with Crippen molar-refractivity contribution in [3.05, 3.63) is 53.0 Å². The standard InChI is InChI=1S/C12H9N5O2S/c13-10-7-16-6-5-14-11(16)12(15-10)20-9-3-1-8(2-4-9)17(18)19/h1-7H,13H2. The molecule has 0 spiro atoms. The Morgan fingerprint density at radius 2 is 2.05 bits per heavy atom. The number of nitro groups is 1. The Balaban J connectivity index is 1.96. The number of hydrogen-bond acceptors (Lipinski definition) is 6. The van der Waals surface area contributed by atoms with Crippen LogP contribution < -0.4 is 5.73 Å². The van der Waals surface area contributed by atoms with E-state index in [9.17, 15) is 10.1 Å². The van der Waals surface area contributed by atoms with Crippen molar-refractivity contribution in [3.8, 4) is 0 Å². The molecule has 1 aromatic carbocycles. The second-order valence-corrected chi connectivity index (χ2v) is 5.04. The molecule has 0 bridgehead atoms. The predicted octanol–water partition coefficient (Wildman–Crippen LogP) is 2.37. The van der Waals surface area contributed by atoms with Gasteiger partial charge < -0.3 is 10.1 Å². The molecule has 0 saturated carbocycles. The van der Waals surface area contributed by atoms with E-state index >= 15 is 0 Å². The van der Waals surface area contributed by atoms with Gasteiger partial charge in [-0.15, -0.1) is 0 Å². The van der Waals surface area contributed by atoms with Crippen LogP contribution in [0, 0.1) is 10.1 Å². The highest BCUT2D eigenvalue weighted by molar-refractivity contribution is 7.99. The molecule has 0 radical (unpaired) electrons. The number of benzene rings is 1. The van der Waals surface area contributed by atoms with Gasteiger partial charge in [0.2, 0.25) is 0 Å². The third kappa shape index (κ3) is 2.28. The van der Waals surface area contributed by atoms with Crippen molar-refractivity contribution in [2.75, 3.05) is 5.73 Å². The summed E-state index contributed by atoms with van der Waals surface area (Å²) in [5, 5.41) is 11.3. The molecule has 0 unspecified atom stereocenters. The highest BCUT2D eigenvalue weighted by atomic mass is 32.2. The molecule has 0 amide bonds. The highest BCUT2D eigenvalue weighted by Crippen LogP contribution is 2.30. The van der Waals surface area contributed by atoms with Crippen LogP contribution >= 0.6 is 11.8 Å². The fourth-order valence-corrected chi connectivity index (χ4v) is 2.63. The number of aromatic nitrogens is 3. The number of rotatable bonds is 3. The summed E-state index contributed by atoms with van der Waals surface area (Å²) >= 11 is 1.36. The smallest absolute Gasteiger partial charge is 0.269 e. The van der Waals surface area contributed by atoms with E-state index in [4.69, 9.17) is 5.73 Å². The number of nitrogens with two attached hydrogens (primary N) is 1. The zero-order valence-electron chi connectivity index (χ0n) is 10.1. The minimum absolute atomic E-state index is 0.0563. The van der Waals surface area contributed by atoms with E-state index in [1.165, 1.54) is 23.9 Å². The number of nitrogen functional groups attached to an aromatic ring is 1. The van der Waals surface area contributed by atoms with Gasteiger partial charge in [0.1, 0.15) is 10.8 Å². The first-order valence-electron chi connectivity index (χ1n) is 5.65. The van der Waals surface area contributed by atoms with Crippen LogP contribution in [-0.4, -0.2) is 19.3 Å². The molecular formula is C12H9N5O2S. The van der Waals surface area contributed by atoms with Crippen molar-refractivity contribution < 1.29 is 4.92 Å². The summed E-state index contributed by atoms with van der Waals surface area (Å²) < 4.78 is 1.79. The van der Waals surface area contributed by atoms with Crippen molar-refractivity contribution >= 4 is 28.9 Å². The quantitative estimate of drug-likeness (QED) is 0.586. The first-order chi connectivity index (χ1) is 9.63. The Bertz CT molecular complexity index is 784. The second-order valence-electron chi connectivity index (χ2n) is 3.98. The molecule has 2 N–H and O–H groups in total. The molecule has 20 heavy (non-hydrogen) atoms. The van der Waals surface area contributed by atoms with Crippen LogP contribution in [0.2, 0.25) is 0 Å². The molecule has 0 atom stereocenters. The molecular weight excluding hydrogens is 278 g/mol. The zero-order valence-corrected chi connectivity index (χ0v) is 10.9. The summed E-state index contributed by atoms with van der Waals surface area (Å²) in [5.41, 5.74) is 6.49. The SMILES string of the molecule is Nc1cn2ccnc2c(Sc2ccc([N+](=O)[O-])cc2)n1. The van der Waals surface area contributed by atoms with Crippen LogP contribution in [0.25, 0.3) is 5.65 Å². The van der Waals surface area contributed by atoms with E-state index < -0.39 is 4.92 Å². The molecule has 0 aliphatic heterocycles. The van der Waals surface area contributed by atoms with Crippen LogP contribution in [0.1, 0.15) is 0 Å². The van der Waals surface area contributed by atoms with E-state index in [2.05, 4.69) is 9.97 Å². The first-order valence-corrected chi connectivity index (χ1v) is 6.46. The van der Waals surface area contributed by atoms with Gasteiger partial charge in [-0.25, -0.2) is 9.97 Å². The van der Waals surface area contributed by atoms with Gasteiger partial charge in [-0.2, -0.15) is 0 Å². The molecule has 0 saturated heterocycles.